The lowest BCUT2D eigenvalue weighted by molar-refractivity contribution is 0.503. The first-order valence-electron chi connectivity index (χ1n) is 5.40. The van der Waals surface area contributed by atoms with Crippen molar-refractivity contribution in [3.05, 3.63) is 18.0 Å². The van der Waals surface area contributed by atoms with Crippen LogP contribution in [0.2, 0.25) is 0 Å². The van der Waals surface area contributed by atoms with E-state index in [0.29, 0.717) is 6.04 Å². The number of aryl methyl sites for hydroxylation is 1. The molecule has 0 aliphatic rings. The van der Waals surface area contributed by atoms with Crippen LogP contribution in [0.1, 0.15) is 38.4 Å². The Bertz CT molecular complexity index is 343. The molecule has 0 aliphatic carbocycles. The molecule has 0 radical (unpaired) electrons. The van der Waals surface area contributed by atoms with Gasteiger partial charge in [-0.2, -0.15) is 5.10 Å². The van der Waals surface area contributed by atoms with E-state index >= 15 is 0 Å². The maximum Gasteiger partial charge on any atom is 0.0794 e. The number of nitrogens with zero attached hydrogens (tertiary/aromatic N) is 2. The second-order valence-electron chi connectivity index (χ2n) is 3.49. The Morgan fingerprint density at radius 1 is 1.60 bits per heavy atom. The highest BCUT2D eigenvalue weighted by Crippen LogP contribution is 2.15. The van der Waals surface area contributed by atoms with Crippen molar-refractivity contribution in [3.8, 4) is 11.8 Å². The van der Waals surface area contributed by atoms with Gasteiger partial charge in [0.15, 0.2) is 0 Å². The summed E-state index contributed by atoms with van der Waals surface area (Å²) in [6.07, 6.45) is 3.92. The zero-order valence-corrected chi connectivity index (χ0v) is 9.75. The van der Waals surface area contributed by atoms with Crippen LogP contribution in [0, 0.1) is 11.8 Å². The molecule has 82 valence electrons. The van der Waals surface area contributed by atoms with Gasteiger partial charge in [0.25, 0.3) is 0 Å². The van der Waals surface area contributed by atoms with Crippen molar-refractivity contribution in [3.63, 3.8) is 0 Å². The maximum atomic E-state index is 4.41. The van der Waals surface area contributed by atoms with Gasteiger partial charge in [-0.05, 0) is 26.0 Å². The fourth-order valence-electron chi connectivity index (χ4n) is 1.56. The number of rotatable bonds is 5. The van der Waals surface area contributed by atoms with Crippen LogP contribution in [0.5, 0.6) is 0 Å². The molecule has 0 amide bonds. The van der Waals surface area contributed by atoms with E-state index in [1.807, 2.05) is 24.9 Å². The van der Waals surface area contributed by atoms with E-state index in [1.54, 1.807) is 0 Å². The average molecular weight is 205 g/mol. The SMILES string of the molecule is CC#CCCC(NCC)c1ccn(C)n1. The fraction of sp³-hybridized carbons (Fsp3) is 0.583. The molecule has 1 aromatic rings. The summed E-state index contributed by atoms with van der Waals surface area (Å²) in [7, 11) is 1.94. The second-order valence-corrected chi connectivity index (χ2v) is 3.49. The topological polar surface area (TPSA) is 29.9 Å². The maximum absolute atomic E-state index is 4.41. The number of nitrogens with one attached hydrogen (secondary N) is 1. The van der Waals surface area contributed by atoms with E-state index in [1.165, 1.54) is 0 Å². The Balaban J connectivity index is 2.59. The van der Waals surface area contributed by atoms with E-state index in [-0.39, 0.29) is 0 Å². The van der Waals surface area contributed by atoms with Crippen LogP contribution in [0.3, 0.4) is 0 Å². The minimum atomic E-state index is 0.331. The quantitative estimate of drug-likeness (QED) is 0.744. The smallest absolute Gasteiger partial charge is 0.0794 e. The van der Waals surface area contributed by atoms with Gasteiger partial charge in [0.2, 0.25) is 0 Å². The highest BCUT2D eigenvalue weighted by Gasteiger charge is 2.11. The molecule has 1 unspecified atom stereocenters. The van der Waals surface area contributed by atoms with E-state index in [2.05, 4.69) is 35.2 Å². The summed E-state index contributed by atoms with van der Waals surface area (Å²) in [4.78, 5) is 0. The first-order chi connectivity index (χ1) is 7.27. The van der Waals surface area contributed by atoms with Crippen molar-refractivity contribution in [1.29, 1.82) is 0 Å². The molecule has 0 fully saturated rings. The molecule has 1 heterocycles. The predicted molar refractivity (Wildman–Crippen MR) is 62.3 cm³/mol. The molecular formula is C12H19N3. The van der Waals surface area contributed by atoms with Crippen LogP contribution >= 0.6 is 0 Å². The summed E-state index contributed by atoms with van der Waals surface area (Å²) in [5.74, 6) is 6.01. The highest BCUT2D eigenvalue weighted by molar-refractivity contribution is 5.07. The van der Waals surface area contributed by atoms with Crippen molar-refractivity contribution < 1.29 is 0 Å². The molecule has 0 saturated heterocycles. The van der Waals surface area contributed by atoms with Gasteiger partial charge in [0.1, 0.15) is 0 Å². The van der Waals surface area contributed by atoms with Crippen molar-refractivity contribution in [2.24, 2.45) is 7.05 Å². The minimum absolute atomic E-state index is 0.331. The molecule has 15 heavy (non-hydrogen) atoms. The van der Waals surface area contributed by atoms with Crippen molar-refractivity contribution in [2.45, 2.75) is 32.7 Å². The Morgan fingerprint density at radius 2 is 2.40 bits per heavy atom. The van der Waals surface area contributed by atoms with Gasteiger partial charge in [0.05, 0.1) is 11.7 Å². The Hall–Kier alpha value is -1.27. The first kappa shape index (κ1) is 11.8. The normalized spacial score (nSPS) is 11.9. The minimum Gasteiger partial charge on any atom is -0.309 e. The Labute approximate surface area is 91.9 Å². The van der Waals surface area contributed by atoms with Gasteiger partial charge in [-0.1, -0.05) is 6.92 Å². The average Bonchev–Trinajstić information content (AvgIpc) is 2.64. The molecular weight excluding hydrogens is 186 g/mol. The molecule has 0 spiro atoms. The van der Waals surface area contributed by atoms with Gasteiger partial charge in [-0.3, -0.25) is 4.68 Å². The molecule has 0 aromatic carbocycles. The van der Waals surface area contributed by atoms with Crippen LogP contribution in [0.4, 0.5) is 0 Å². The van der Waals surface area contributed by atoms with Gasteiger partial charge in [0, 0.05) is 19.7 Å². The molecule has 0 aliphatic heterocycles. The van der Waals surface area contributed by atoms with E-state index in [4.69, 9.17) is 0 Å². The van der Waals surface area contributed by atoms with Crippen LogP contribution in [-0.2, 0) is 7.05 Å². The van der Waals surface area contributed by atoms with Crippen LogP contribution in [0.15, 0.2) is 12.3 Å². The molecule has 1 atom stereocenters. The van der Waals surface area contributed by atoms with E-state index in [0.717, 1.165) is 25.1 Å². The lowest BCUT2D eigenvalue weighted by atomic mass is 10.1. The van der Waals surface area contributed by atoms with Gasteiger partial charge < -0.3 is 5.32 Å². The fourth-order valence-corrected chi connectivity index (χ4v) is 1.56. The molecule has 1 rings (SSSR count). The Morgan fingerprint density at radius 3 is 2.93 bits per heavy atom. The molecule has 0 saturated carbocycles. The Kier molecular flexibility index (Phi) is 4.92. The van der Waals surface area contributed by atoms with E-state index in [9.17, 15) is 0 Å². The molecule has 3 heteroatoms. The zero-order chi connectivity index (χ0) is 11.1. The third-order valence-corrected chi connectivity index (χ3v) is 2.28. The molecule has 0 bridgehead atoms. The monoisotopic (exact) mass is 205 g/mol. The molecule has 3 nitrogen and oxygen atoms in total. The van der Waals surface area contributed by atoms with Crippen LogP contribution < -0.4 is 5.32 Å². The van der Waals surface area contributed by atoms with Gasteiger partial charge in [-0.25, -0.2) is 0 Å². The standard InChI is InChI=1S/C12H19N3/c1-4-6-7-8-11(13-5-2)12-9-10-15(3)14-12/h9-11,13H,5,7-8H2,1-3H3. The lowest BCUT2D eigenvalue weighted by Crippen LogP contribution is -2.21. The zero-order valence-electron chi connectivity index (χ0n) is 9.75. The highest BCUT2D eigenvalue weighted by atomic mass is 15.3. The summed E-state index contributed by atoms with van der Waals surface area (Å²) in [5, 5.41) is 7.84. The first-order valence-corrected chi connectivity index (χ1v) is 5.40. The summed E-state index contributed by atoms with van der Waals surface area (Å²) in [6, 6.07) is 2.39. The van der Waals surface area contributed by atoms with Gasteiger partial charge >= 0.3 is 0 Å². The van der Waals surface area contributed by atoms with Crippen molar-refractivity contribution in [2.75, 3.05) is 6.54 Å². The number of hydrogen-bond donors (Lipinski definition) is 1. The van der Waals surface area contributed by atoms with Crippen molar-refractivity contribution >= 4 is 0 Å². The predicted octanol–water partition coefficient (Wildman–Crippen LogP) is 1.87. The third-order valence-electron chi connectivity index (χ3n) is 2.28. The van der Waals surface area contributed by atoms with Crippen LogP contribution in [0.25, 0.3) is 0 Å². The summed E-state index contributed by atoms with van der Waals surface area (Å²) in [6.45, 7) is 4.95. The molecule has 1 N–H and O–H groups in total. The summed E-state index contributed by atoms with van der Waals surface area (Å²) >= 11 is 0. The van der Waals surface area contributed by atoms with Crippen molar-refractivity contribution in [1.82, 2.24) is 15.1 Å². The number of aromatic nitrogens is 2. The second kappa shape index (κ2) is 6.26. The third kappa shape index (κ3) is 3.77. The largest absolute Gasteiger partial charge is 0.309 e. The summed E-state index contributed by atoms with van der Waals surface area (Å²) in [5.41, 5.74) is 1.11. The molecule has 1 aromatic heterocycles. The van der Waals surface area contributed by atoms with Gasteiger partial charge in [-0.15, -0.1) is 11.8 Å². The van der Waals surface area contributed by atoms with E-state index < -0.39 is 0 Å². The van der Waals surface area contributed by atoms with Crippen LogP contribution in [-0.4, -0.2) is 16.3 Å². The number of hydrogen-bond acceptors (Lipinski definition) is 2. The summed E-state index contributed by atoms with van der Waals surface area (Å²) < 4.78 is 1.84. The lowest BCUT2D eigenvalue weighted by Gasteiger charge is -2.13.